The second-order valence-electron chi connectivity index (χ2n) is 10.3. The Balaban J connectivity index is 1.74. The number of rotatable bonds is 12. The van der Waals surface area contributed by atoms with Gasteiger partial charge in [-0.3, -0.25) is 14.9 Å². The Kier molecular flexibility index (Phi) is 8.79. The van der Waals surface area contributed by atoms with Gasteiger partial charge in [0.05, 0.1) is 22.8 Å². The molecule has 0 aliphatic rings. The average molecular weight is 544 g/mol. The Bertz CT molecular complexity index is 1540. The highest BCUT2D eigenvalue weighted by Gasteiger charge is 2.21. The van der Waals surface area contributed by atoms with E-state index in [0.717, 1.165) is 46.3 Å². The van der Waals surface area contributed by atoms with E-state index >= 15 is 0 Å². The minimum atomic E-state index is -0.356. The summed E-state index contributed by atoms with van der Waals surface area (Å²) in [6.45, 7) is 7.56. The average Bonchev–Trinajstić information content (AvgIpc) is 3.30. The van der Waals surface area contributed by atoms with Crippen LogP contribution in [0, 0.1) is 17.0 Å². The lowest BCUT2D eigenvalue weighted by atomic mass is 10.0. The fourth-order valence-electron chi connectivity index (χ4n) is 4.69. The van der Waals surface area contributed by atoms with Gasteiger partial charge >= 0.3 is 0 Å². The molecule has 210 valence electrons. The fraction of sp³-hybridized carbons (Fsp3) is 0.367. The van der Waals surface area contributed by atoms with E-state index in [-0.39, 0.29) is 16.4 Å². The van der Waals surface area contributed by atoms with E-state index in [1.165, 1.54) is 0 Å². The molecule has 1 N–H and O–H groups in total. The third kappa shape index (κ3) is 6.12. The Morgan fingerprint density at radius 1 is 1.12 bits per heavy atom. The first-order valence-corrected chi connectivity index (χ1v) is 13.5. The molecule has 4 rings (SSSR count). The lowest BCUT2D eigenvalue weighted by molar-refractivity contribution is -0.384. The first-order valence-electron chi connectivity index (χ1n) is 13.5. The summed E-state index contributed by atoms with van der Waals surface area (Å²) >= 11 is 0. The van der Waals surface area contributed by atoms with Gasteiger partial charge in [-0.2, -0.15) is 0 Å². The molecule has 10 heteroatoms. The first-order chi connectivity index (χ1) is 19.1. The summed E-state index contributed by atoms with van der Waals surface area (Å²) in [6, 6.07) is 11.4. The lowest BCUT2D eigenvalue weighted by Gasteiger charge is -2.22. The molecular weight excluding hydrogens is 506 g/mol. The molecule has 0 saturated carbocycles. The maximum absolute atomic E-state index is 12.3. The molecule has 0 fully saturated rings. The maximum atomic E-state index is 12.3. The van der Waals surface area contributed by atoms with Gasteiger partial charge in [-0.1, -0.05) is 32.0 Å². The van der Waals surface area contributed by atoms with Crippen molar-refractivity contribution in [3.8, 4) is 11.3 Å². The van der Waals surface area contributed by atoms with Crippen LogP contribution in [0.3, 0.4) is 0 Å². The summed E-state index contributed by atoms with van der Waals surface area (Å²) < 4.78 is 1.98. The number of carbonyl (C=O) groups excluding carboxylic acids is 1. The third-order valence-corrected chi connectivity index (χ3v) is 7.09. The molecule has 2 aromatic carbocycles. The zero-order chi connectivity index (χ0) is 29.0. The number of hydrogen-bond acceptors (Lipinski definition) is 8. The van der Waals surface area contributed by atoms with E-state index in [0.29, 0.717) is 36.8 Å². The molecule has 10 nitrogen and oxygen atoms in total. The molecule has 40 heavy (non-hydrogen) atoms. The molecule has 0 aliphatic heterocycles. The number of nitro benzene ring substituents is 1. The number of ketones is 1. The number of para-hydroxylation sites is 1. The number of nitro groups is 1. The van der Waals surface area contributed by atoms with Crippen LogP contribution < -0.4 is 10.2 Å². The topological polar surface area (TPSA) is 109 Å². The summed E-state index contributed by atoms with van der Waals surface area (Å²) in [7, 11) is 5.81. The Labute approximate surface area is 234 Å². The predicted octanol–water partition coefficient (Wildman–Crippen LogP) is 5.60. The normalized spacial score (nSPS) is 11.3. The van der Waals surface area contributed by atoms with Crippen molar-refractivity contribution in [3.05, 3.63) is 70.0 Å². The smallest absolute Gasteiger partial charge is 0.294 e. The number of hydrogen-bond donors (Lipinski definition) is 1. The standard InChI is InChI=1S/C30H37N7O3/c1-7-21-17-31-30(32-25-16-28(37(39)40)27(15-20(25)3)35(6)14-13-34(4)5)33-29(21)24-19-36(18-22(38)8-2)26-12-10-9-11-23(24)26/h9-12,15-17,19H,7-8,13-14,18H2,1-6H3,(H,31,32,33). The van der Waals surface area contributed by atoms with Crippen molar-refractivity contribution in [2.24, 2.45) is 0 Å². The second kappa shape index (κ2) is 12.3. The van der Waals surface area contributed by atoms with Crippen molar-refractivity contribution < 1.29 is 9.72 Å². The van der Waals surface area contributed by atoms with Crippen LogP contribution in [0.15, 0.2) is 48.8 Å². The van der Waals surface area contributed by atoms with Gasteiger partial charge in [-0.05, 0) is 50.7 Å². The van der Waals surface area contributed by atoms with Crippen LogP contribution in [0.25, 0.3) is 22.2 Å². The van der Waals surface area contributed by atoms with Crippen molar-refractivity contribution in [1.82, 2.24) is 19.4 Å². The molecule has 0 unspecified atom stereocenters. The van der Waals surface area contributed by atoms with Crippen molar-refractivity contribution in [2.45, 2.75) is 40.2 Å². The highest BCUT2D eigenvalue weighted by atomic mass is 16.6. The number of fused-ring (bicyclic) bond motifs is 1. The molecule has 0 atom stereocenters. The van der Waals surface area contributed by atoms with Gasteiger partial charge in [-0.25, -0.2) is 9.97 Å². The highest BCUT2D eigenvalue weighted by Crippen LogP contribution is 2.36. The van der Waals surface area contributed by atoms with E-state index < -0.39 is 0 Å². The Morgan fingerprint density at radius 3 is 2.55 bits per heavy atom. The second-order valence-corrected chi connectivity index (χ2v) is 10.3. The van der Waals surface area contributed by atoms with E-state index in [1.807, 2.05) is 92.8 Å². The number of aryl methyl sites for hydroxylation is 2. The van der Waals surface area contributed by atoms with Crippen molar-refractivity contribution in [3.63, 3.8) is 0 Å². The number of nitrogens with zero attached hydrogens (tertiary/aromatic N) is 6. The zero-order valence-corrected chi connectivity index (χ0v) is 24.1. The van der Waals surface area contributed by atoms with Crippen molar-refractivity contribution in [2.75, 3.05) is 44.4 Å². The molecule has 0 amide bonds. The molecule has 0 spiro atoms. The number of benzene rings is 2. The molecule has 0 aliphatic carbocycles. The van der Waals surface area contributed by atoms with Gasteiger partial charge in [0.2, 0.25) is 5.95 Å². The SMILES string of the molecule is CCC(=O)Cn1cc(-c2nc(Nc3cc([N+](=O)[O-])c(N(C)CCN(C)C)cc3C)ncc2CC)c2ccccc21. The van der Waals surface area contributed by atoms with E-state index in [9.17, 15) is 14.9 Å². The summed E-state index contributed by atoms with van der Waals surface area (Å²) in [6.07, 6.45) is 4.97. The number of carbonyl (C=O) groups is 1. The first kappa shape index (κ1) is 28.7. The van der Waals surface area contributed by atoms with Gasteiger partial charge in [0.25, 0.3) is 5.69 Å². The molecule has 0 saturated heterocycles. The summed E-state index contributed by atoms with van der Waals surface area (Å²) in [5, 5.41) is 16.2. The minimum absolute atomic E-state index is 0.0171. The highest BCUT2D eigenvalue weighted by molar-refractivity contribution is 5.97. The zero-order valence-electron chi connectivity index (χ0n) is 24.1. The molecule has 0 radical (unpaired) electrons. The predicted molar refractivity (Wildman–Crippen MR) is 161 cm³/mol. The summed E-state index contributed by atoms with van der Waals surface area (Å²) in [4.78, 5) is 37.3. The Hall–Kier alpha value is -4.31. The third-order valence-electron chi connectivity index (χ3n) is 7.09. The summed E-state index contributed by atoms with van der Waals surface area (Å²) in [5.74, 6) is 0.501. The Morgan fingerprint density at radius 2 is 1.88 bits per heavy atom. The van der Waals surface area contributed by atoms with Gasteiger partial charge in [0, 0.05) is 61.5 Å². The molecule has 2 aromatic heterocycles. The van der Waals surface area contributed by atoms with E-state index in [1.54, 1.807) is 12.3 Å². The van der Waals surface area contributed by atoms with Crippen molar-refractivity contribution >= 4 is 39.7 Å². The van der Waals surface area contributed by atoms with Gasteiger partial charge in [-0.15, -0.1) is 0 Å². The number of likely N-dealkylation sites (N-methyl/N-ethyl adjacent to an activating group) is 2. The molecular formula is C30H37N7O3. The molecule has 2 heterocycles. The van der Waals surface area contributed by atoms with Gasteiger partial charge < -0.3 is 19.7 Å². The van der Waals surface area contributed by atoms with E-state index in [4.69, 9.17) is 4.98 Å². The number of Topliss-reactive ketones (excluding diaryl/α,β-unsaturated/α-hetero) is 1. The molecule has 0 bridgehead atoms. The van der Waals surface area contributed by atoms with E-state index in [2.05, 4.69) is 10.3 Å². The number of nitrogens with one attached hydrogen (secondary N) is 1. The van der Waals surface area contributed by atoms with Crippen molar-refractivity contribution in [1.29, 1.82) is 0 Å². The van der Waals surface area contributed by atoms with Crippen LogP contribution in [-0.2, 0) is 17.8 Å². The van der Waals surface area contributed by atoms with Crippen LogP contribution in [0.5, 0.6) is 0 Å². The lowest BCUT2D eigenvalue weighted by Crippen LogP contribution is -2.29. The van der Waals surface area contributed by atoms with Gasteiger partial charge in [0.1, 0.15) is 5.69 Å². The van der Waals surface area contributed by atoms with Crippen LogP contribution in [-0.4, -0.2) is 64.4 Å². The van der Waals surface area contributed by atoms with Crippen LogP contribution >= 0.6 is 0 Å². The quantitative estimate of drug-likeness (QED) is 0.182. The maximum Gasteiger partial charge on any atom is 0.294 e. The summed E-state index contributed by atoms with van der Waals surface area (Å²) in [5.41, 5.74) is 5.62. The largest absolute Gasteiger partial charge is 0.368 e. The minimum Gasteiger partial charge on any atom is -0.368 e. The number of anilines is 3. The molecule has 4 aromatic rings. The van der Waals surface area contributed by atoms with Crippen LogP contribution in [0.2, 0.25) is 0 Å². The fourth-order valence-corrected chi connectivity index (χ4v) is 4.69. The van der Waals surface area contributed by atoms with Crippen LogP contribution in [0.4, 0.5) is 23.0 Å². The number of aromatic nitrogens is 3. The van der Waals surface area contributed by atoms with Crippen LogP contribution in [0.1, 0.15) is 31.4 Å². The van der Waals surface area contributed by atoms with Gasteiger partial charge in [0.15, 0.2) is 5.78 Å². The monoisotopic (exact) mass is 543 g/mol.